The second-order valence-electron chi connectivity index (χ2n) is 5.35. The Balaban J connectivity index is 2.80. The van der Waals surface area contributed by atoms with Gasteiger partial charge in [-0.1, -0.05) is 39.0 Å². The first-order chi connectivity index (χ1) is 9.10. The van der Waals surface area contributed by atoms with Gasteiger partial charge in [0.2, 0.25) is 0 Å². The van der Waals surface area contributed by atoms with Crippen molar-refractivity contribution >= 4 is 11.8 Å². The average Bonchev–Trinajstić information content (AvgIpc) is 2.42. The van der Waals surface area contributed by atoms with E-state index in [-0.39, 0.29) is 0 Å². The van der Waals surface area contributed by atoms with Crippen LogP contribution in [0.2, 0.25) is 0 Å². The number of nitrogens with one attached hydrogen (secondary N) is 1. The van der Waals surface area contributed by atoms with Gasteiger partial charge in [-0.05, 0) is 49.9 Å². The highest BCUT2D eigenvalue weighted by atomic mass is 32.2. The third-order valence-corrected chi connectivity index (χ3v) is 5.21. The van der Waals surface area contributed by atoms with Gasteiger partial charge in [0.1, 0.15) is 0 Å². The summed E-state index contributed by atoms with van der Waals surface area (Å²) in [5.74, 6) is 1.17. The lowest BCUT2D eigenvalue weighted by atomic mass is 9.98. The molecular formula is C17H29NS. The van der Waals surface area contributed by atoms with Crippen LogP contribution in [0.5, 0.6) is 0 Å². The van der Waals surface area contributed by atoms with Gasteiger partial charge < -0.3 is 5.32 Å². The maximum Gasteiger partial charge on any atom is 0.0414 e. The van der Waals surface area contributed by atoms with E-state index in [0.717, 1.165) is 11.8 Å². The summed E-state index contributed by atoms with van der Waals surface area (Å²) in [5, 5.41) is 4.46. The zero-order valence-corrected chi connectivity index (χ0v) is 13.9. The molecule has 1 aromatic rings. The smallest absolute Gasteiger partial charge is 0.0414 e. The molecule has 0 saturated carbocycles. The van der Waals surface area contributed by atoms with E-state index in [1.54, 1.807) is 0 Å². The Kier molecular flexibility index (Phi) is 7.55. The predicted molar refractivity (Wildman–Crippen MR) is 89.2 cm³/mol. The Hall–Kier alpha value is -0.470. The van der Waals surface area contributed by atoms with Crippen molar-refractivity contribution in [2.45, 2.75) is 58.8 Å². The molecule has 0 bridgehead atoms. The third kappa shape index (κ3) is 5.19. The van der Waals surface area contributed by atoms with Crippen molar-refractivity contribution in [3.8, 4) is 0 Å². The summed E-state index contributed by atoms with van der Waals surface area (Å²) in [5.41, 5.74) is 4.32. The summed E-state index contributed by atoms with van der Waals surface area (Å²) < 4.78 is 0. The summed E-state index contributed by atoms with van der Waals surface area (Å²) in [6.45, 7) is 12.4. The minimum absolute atomic E-state index is 0.485. The maximum absolute atomic E-state index is 3.71. The van der Waals surface area contributed by atoms with E-state index < -0.39 is 0 Å². The van der Waals surface area contributed by atoms with Crippen molar-refractivity contribution in [2.75, 3.05) is 12.3 Å². The molecule has 0 amide bonds. The lowest BCUT2D eigenvalue weighted by Crippen LogP contribution is -2.25. The molecule has 108 valence electrons. The molecule has 1 nitrogen and oxygen atoms in total. The molecule has 0 aliphatic rings. The number of rotatable bonds is 8. The Morgan fingerprint density at radius 1 is 1.21 bits per heavy atom. The van der Waals surface area contributed by atoms with Crippen LogP contribution >= 0.6 is 11.8 Å². The summed E-state index contributed by atoms with van der Waals surface area (Å²) in [6.07, 6.45) is 2.44. The Labute approximate surface area is 123 Å². The molecule has 2 unspecified atom stereocenters. The van der Waals surface area contributed by atoms with Crippen molar-refractivity contribution in [2.24, 2.45) is 0 Å². The molecule has 2 atom stereocenters. The van der Waals surface area contributed by atoms with Crippen LogP contribution in [-0.2, 0) is 0 Å². The summed E-state index contributed by atoms with van der Waals surface area (Å²) in [6, 6.07) is 7.16. The summed E-state index contributed by atoms with van der Waals surface area (Å²) >= 11 is 2.08. The van der Waals surface area contributed by atoms with Gasteiger partial charge in [0.05, 0.1) is 0 Å². The minimum atomic E-state index is 0.485. The minimum Gasteiger partial charge on any atom is -0.309 e. The van der Waals surface area contributed by atoms with Gasteiger partial charge in [-0.15, -0.1) is 0 Å². The molecule has 0 saturated heterocycles. The normalized spacial score (nSPS) is 14.4. The van der Waals surface area contributed by atoms with E-state index in [1.807, 2.05) is 0 Å². The first kappa shape index (κ1) is 16.6. The van der Waals surface area contributed by atoms with E-state index in [2.05, 4.69) is 69.9 Å². The highest BCUT2D eigenvalue weighted by Gasteiger charge is 2.15. The maximum atomic E-state index is 3.71. The van der Waals surface area contributed by atoms with Gasteiger partial charge in [0.15, 0.2) is 0 Å². The topological polar surface area (TPSA) is 12.0 Å². The number of hydrogen-bond acceptors (Lipinski definition) is 2. The van der Waals surface area contributed by atoms with Gasteiger partial charge >= 0.3 is 0 Å². The monoisotopic (exact) mass is 279 g/mol. The van der Waals surface area contributed by atoms with Crippen LogP contribution in [0.1, 0.15) is 56.3 Å². The van der Waals surface area contributed by atoms with Gasteiger partial charge in [0.25, 0.3) is 0 Å². The van der Waals surface area contributed by atoms with Crippen molar-refractivity contribution in [1.82, 2.24) is 5.32 Å². The Morgan fingerprint density at radius 3 is 2.58 bits per heavy atom. The molecule has 2 heteroatoms. The lowest BCUT2D eigenvalue weighted by Gasteiger charge is -2.23. The second-order valence-corrected chi connectivity index (χ2v) is 6.82. The van der Waals surface area contributed by atoms with Crippen LogP contribution in [0.15, 0.2) is 18.2 Å². The van der Waals surface area contributed by atoms with Gasteiger partial charge in [-0.2, -0.15) is 11.8 Å². The van der Waals surface area contributed by atoms with Crippen molar-refractivity contribution < 1.29 is 0 Å². The molecule has 0 aliphatic heterocycles. The number of aryl methyl sites for hydroxylation is 1. The van der Waals surface area contributed by atoms with Crippen LogP contribution in [-0.4, -0.2) is 17.5 Å². The largest absolute Gasteiger partial charge is 0.309 e. The van der Waals surface area contributed by atoms with Crippen molar-refractivity contribution in [1.29, 1.82) is 0 Å². The molecule has 0 aromatic heterocycles. The number of hydrogen-bond donors (Lipinski definition) is 1. The Morgan fingerprint density at radius 2 is 1.95 bits per heavy atom. The van der Waals surface area contributed by atoms with Crippen LogP contribution in [0, 0.1) is 13.8 Å². The molecule has 1 rings (SSSR count). The lowest BCUT2D eigenvalue weighted by molar-refractivity contribution is 0.574. The van der Waals surface area contributed by atoms with Gasteiger partial charge in [-0.25, -0.2) is 0 Å². The number of benzene rings is 1. The number of thioether (sulfide) groups is 1. The molecule has 0 fully saturated rings. The van der Waals surface area contributed by atoms with E-state index in [4.69, 9.17) is 0 Å². The SMILES string of the molecule is CCCNC(CSC(C)CC)c1cccc(C)c1C. The van der Waals surface area contributed by atoms with Gasteiger partial charge in [-0.3, -0.25) is 0 Å². The highest BCUT2D eigenvalue weighted by Crippen LogP contribution is 2.26. The standard InChI is InChI=1S/C17H29NS/c1-6-11-18-17(12-19-14(4)7-2)16-10-8-9-13(3)15(16)5/h8-10,14,17-18H,6-7,11-12H2,1-5H3. The molecule has 0 spiro atoms. The molecule has 1 N–H and O–H groups in total. The fourth-order valence-corrected chi connectivity index (χ4v) is 3.16. The zero-order valence-electron chi connectivity index (χ0n) is 13.1. The molecule has 0 aliphatic carbocycles. The molecular weight excluding hydrogens is 250 g/mol. The Bertz CT molecular complexity index is 376. The quantitative estimate of drug-likeness (QED) is 0.728. The molecule has 19 heavy (non-hydrogen) atoms. The van der Waals surface area contributed by atoms with Crippen LogP contribution in [0.3, 0.4) is 0 Å². The van der Waals surface area contributed by atoms with Crippen LogP contribution in [0.25, 0.3) is 0 Å². The van der Waals surface area contributed by atoms with E-state index >= 15 is 0 Å². The molecule has 1 aromatic carbocycles. The van der Waals surface area contributed by atoms with Gasteiger partial charge in [0, 0.05) is 17.0 Å². The first-order valence-corrected chi connectivity index (χ1v) is 8.56. The first-order valence-electron chi connectivity index (χ1n) is 7.51. The molecule has 0 heterocycles. The van der Waals surface area contributed by atoms with Crippen LogP contribution < -0.4 is 5.32 Å². The summed E-state index contributed by atoms with van der Waals surface area (Å²) in [7, 11) is 0. The summed E-state index contributed by atoms with van der Waals surface area (Å²) in [4.78, 5) is 0. The highest BCUT2D eigenvalue weighted by molar-refractivity contribution is 7.99. The zero-order chi connectivity index (χ0) is 14.3. The van der Waals surface area contributed by atoms with E-state index in [1.165, 1.54) is 35.3 Å². The van der Waals surface area contributed by atoms with E-state index in [0.29, 0.717) is 6.04 Å². The average molecular weight is 279 g/mol. The predicted octanol–water partition coefficient (Wildman–Crippen LogP) is 4.88. The second kappa shape index (κ2) is 8.65. The molecule has 0 radical (unpaired) electrons. The van der Waals surface area contributed by atoms with Crippen molar-refractivity contribution in [3.05, 3.63) is 34.9 Å². The van der Waals surface area contributed by atoms with Crippen molar-refractivity contribution in [3.63, 3.8) is 0 Å². The van der Waals surface area contributed by atoms with Crippen LogP contribution in [0.4, 0.5) is 0 Å². The van der Waals surface area contributed by atoms with E-state index in [9.17, 15) is 0 Å². The fourth-order valence-electron chi connectivity index (χ4n) is 2.11. The third-order valence-electron chi connectivity index (χ3n) is 3.79. The fraction of sp³-hybridized carbons (Fsp3) is 0.647.